The van der Waals surface area contributed by atoms with Gasteiger partial charge in [-0.15, -0.1) is 12.4 Å². The zero-order chi connectivity index (χ0) is 15.2. The van der Waals surface area contributed by atoms with Crippen molar-refractivity contribution in [3.8, 4) is 0 Å². The third-order valence-corrected chi connectivity index (χ3v) is 4.21. The van der Waals surface area contributed by atoms with Gasteiger partial charge in [0.15, 0.2) is 5.82 Å². The second-order valence-electron chi connectivity index (χ2n) is 6.62. The van der Waals surface area contributed by atoms with Gasteiger partial charge in [0.2, 0.25) is 5.91 Å². The van der Waals surface area contributed by atoms with Gasteiger partial charge < -0.3 is 11.1 Å². The SMILES string of the molecule is CC(C)C[C@H](N)C(=O)Nc1cc(C2CCCCCC2)[nH]n1.Cl. The summed E-state index contributed by atoms with van der Waals surface area (Å²) in [6.45, 7) is 4.12. The van der Waals surface area contributed by atoms with Crippen molar-refractivity contribution < 1.29 is 4.79 Å². The van der Waals surface area contributed by atoms with E-state index in [-0.39, 0.29) is 18.3 Å². The predicted octanol–water partition coefficient (Wildman–Crippen LogP) is 3.58. The van der Waals surface area contributed by atoms with Gasteiger partial charge in [0.25, 0.3) is 0 Å². The van der Waals surface area contributed by atoms with Gasteiger partial charge in [-0.05, 0) is 25.2 Å². The normalized spacial score (nSPS) is 17.6. The molecule has 0 radical (unpaired) electrons. The van der Waals surface area contributed by atoms with Crippen LogP contribution >= 0.6 is 12.4 Å². The molecular formula is C16H29ClN4O. The fourth-order valence-electron chi connectivity index (χ4n) is 3.03. The molecule has 0 aliphatic heterocycles. The molecule has 0 spiro atoms. The number of rotatable bonds is 5. The average molecular weight is 329 g/mol. The van der Waals surface area contributed by atoms with Crippen molar-refractivity contribution in [2.75, 3.05) is 5.32 Å². The quantitative estimate of drug-likeness (QED) is 0.722. The molecule has 1 fully saturated rings. The van der Waals surface area contributed by atoms with Crippen LogP contribution < -0.4 is 11.1 Å². The van der Waals surface area contributed by atoms with E-state index in [1.54, 1.807) is 0 Å². The van der Waals surface area contributed by atoms with Crippen molar-refractivity contribution in [3.63, 3.8) is 0 Å². The van der Waals surface area contributed by atoms with Gasteiger partial charge in [-0.3, -0.25) is 9.89 Å². The van der Waals surface area contributed by atoms with Gasteiger partial charge in [0.1, 0.15) is 0 Å². The lowest BCUT2D eigenvalue weighted by molar-refractivity contribution is -0.117. The minimum absolute atomic E-state index is 0. The third-order valence-electron chi connectivity index (χ3n) is 4.21. The molecule has 1 atom stereocenters. The molecule has 0 aromatic carbocycles. The first-order valence-corrected chi connectivity index (χ1v) is 8.18. The maximum atomic E-state index is 12.0. The number of carbonyl (C=O) groups excluding carboxylic acids is 1. The second kappa shape index (κ2) is 9.16. The lowest BCUT2D eigenvalue weighted by atomic mass is 9.97. The standard InChI is InChI=1S/C16H28N4O.ClH/c1-11(2)9-13(17)16(21)18-15-10-14(19-20-15)12-7-5-3-4-6-8-12;/h10-13H,3-9,17H2,1-2H3,(H2,18,19,20,21);1H/t13-;/m0./s1. The Hall–Kier alpha value is -1.07. The van der Waals surface area contributed by atoms with Gasteiger partial charge >= 0.3 is 0 Å². The van der Waals surface area contributed by atoms with E-state index in [0.717, 1.165) is 5.69 Å². The van der Waals surface area contributed by atoms with Crippen LogP contribution in [0.3, 0.4) is 0 Å². The molecule has 1 aromatic rings. The van der Waals surface area contributed by atoms with Crippen LogP contribution in [-0.4, -0.2) is 22.1 Å². The van der Waals surface area contributed by atoms with Gasteiger partial charge in [-0.2, -0.15) is 5.10 Å². The van der Waals surface area contributed by atoms with Crippen LogP contribution in [0.5, 0.6) is 0 Å². The molecule has 0 bridgehead atoms. The Morgan fingerprint density at radius 2 is 2.00 bits per heavy atom. The monoisotopic (exact) mass is 328 g/mol. The zero-order valence-corrected chi connectivity index (χ0v) is 14.4. The van der Waals surface area contributed by atoms with E-state index in [1.165, 1.54) is 38.5 Å². The van der Waals surface area contributed by atoms with Gasteiger partial charge in [-0.1, -0.05) is 39.5 Å². The zero-order valence-electron chi connectivity index (χ0n) is 13.6. The van der Waals surface area contributed by atoms with Crippen LogP contribution in [0, 0.1) is 5.92 Å². The minimum Gasteiger partial charge on any atom is -0.320 e. The highest BCUT2D eigenvalue weighted by Gasteiger charge is 2.19. The van der Waals surface area contributed by atoms with Crippen molar-refractivity contribution >= 4 is 24.1 Å². The summed E-state index contributed by atoms with van der Waals surface area (Å²) < 4.78 is 0. The van der Waals surface area contributed by atoms with Crippen LogP contribution in [0.15, 0.2) is 6.07 Å². The van der Waals surface area contributed by atoms with Crippen LogP contribution in [0.4, 0.5) is 5.82 Å². The fraction of sp³-hybridized carbons (Fsp3) is 0.750. The van der Waals surface area contributed by atoms with E-state index in [1.807, 2.05) is 6.07 Å². The number of H-pyrrole nitrogens is 1. The van der Waals surface area contributed by atoms with Gasteiger partial charge in [0.05, 0.1) is 6.04 Å². The number of hydrogen-bond donors (Lipinski definition) is 3. The lowest BCUT2D eigenvalue weighted by Gasteiger charge is -2.13. The molecule has 1 aromatic heterocycles. The van der Waals surface area contributed by atoms with E-state index < -0.39 is 6.04 Å². The first-order chi connectivity index (χ1) is 10.1. The number of aromatic amines is 1. The summed E-state index contributed by atoms with van der Waals surface area (Å²) in [6, 6.07) is 1.50. The molecule has 1 saturated carbocycles. The number of nitrogens with two attached hydrogens (primary N) is 1. The molecule has 0 saturated heterocycles. The maximum absolute atomic E-state index is 12.0. The number of halogens is 1. The Kier molecular flexibility index (Phi) is 7.90. The number of carbonyl (C=O) groups is 1. The number of nitrogens with zero attached hydrogens (tertiary/aromatic N) is 1. The highest BCUT2D eigenvalue weighted by Crippen LogP contribution is 2.31. The molecule has 4 N–H and O–H groups in total. The van der Waals surface area contributed by atoms with E-state index in [9.17, 15) is 4.79 Å². The maximum Gasteiger partial charge on any atom is 0.242 e. The molecule has 22 heavy (non-hydrogen) atoms. The van der Waals surface area contributed by atoms with Crippen LogP contribution in [0.2, 0.25) is 0 Å². The summed E-state index contributed by atoms with van der Waals surface area (Å²) in [5, 5.41) is 10.1. The number of nitrogens with one attached hydrogen (secondary N) is 2. The fourth-order valence-corrected chi connectivity index (χ4v) is 3.03. The Labute approximate surface area is 139 Å². The summed E-state index contributed by atoms with van der Waals surface area (Å²) in [6.07, 6.45) is 8.34. The van der Waals surface area contributed by atoms with Crippen molar-refractivity contribution in [2.45, 2.75) is 70.8 Å². The molecule has 1 aliphatic carbocycles. The van der Waals surface area contributed by atoms with Gasteiger partial charge in [0, 0.05) is 17.7 Å². The number of aromatic nitrogens is 2. The number of amides is 1. The van der Waals surface area contributed by atoms with E-state index in [2.05, 4.69) is 29.4 Å². The first kappa shape index (κ1) is 19.0. The summed E-state index contributed by atoms with van der Waals surface area (Å²) >= 11 is 0. The van der Waals surface area contributed by atoms with E-state index in [0.29, 0.717) is 24.1 Å². The van der Waals surface area contributed by atoms with Crippen LogP contribution in [0.25, 0.3) is 0 Å². The summed E-state index contributed by atoms with van der Waals surface area (Å²) in [5.41, 5.74) is 7.03. The molecule has 6 heteroatoms. The van der Waals surface area contributed by atoms with Crippen molar-refractivity contribution in [3.05, 3.63) is 11.8 Å². The van der Waals surface area contributed by atoms with Crippen LogP contribution in [0.1, 0.15) is 70.4 Å². The highest BCUT2D eigenvalue weighted by atomic mass is 35.5. The van der Waals surface area contributed by atoms with Crippen LogP contribution in [-0.2, 0) is 4.79 Å². The lowest BCUT2D eigenvalue weighted by Crippen LogP contribution is -2.36. The van der Waals surface area contributed by atoms with Gasteiger partial charge in [-0.25, -0.2) is 0 Å². The second-order valence-corrected chi connectivity index (χ2v) is 6.62. The molecule has 5 nitrogen and oxygen atoms in total. The minimum atomic E-state index is -0.469. The first-order valence-electron chi connectivity index (χ1n) is 8.18. The Morgan fingerprint density at radius 3 is 2.59 bits per heavy atom. The molecular weight excluding hydrogens is 300 g/mol. The Morgan fingerprint density at radius 1 is 1.36 bits per heavy atom. The highest BCUT2D eigenvalue weighted by molar-refractivity contribution is 5.93. The van der Waals surface area contributed by atoms with Crippen molar-refractivity contribution in [2.24, 2.45) is 11.7 Å². The predicted molar refractivity (Wildman–Crippen MR) is 92.3 cm³/mol. The molecule has 126 valence electrons. The third kappa shape index (κ3) is 5.61. The summed E-state index contributed by atoms with van der Waals surface area (Å²) in [7, 11) is 0. The largest absolute Gasteiger partial charge is 0.320 e. The molecule has 1 aliphatic rings. The Balaban J connectivity index is 0.00000242. The van der Waals surface area contributed by atoms with Crippen molar-refractivity contribution in [1.29, 1.82) is 0 Å². The van der Waals surface area contributed by atoms with E-state index >= 15 is 0 Å². The van der Waals surface area contributed by atoms with E-state index in [4.69, 9.17) is 5.73 Å². The smallest absolute Gasteiger partial charge is 0.242 e. The summed E-state index contributed by atoms with van der Waals surface area (Å²) in [4.78, 5) is 12.0. The Bertz CT molecular complexity index is 453. The van der Waals surface area contributed by atoms with Crippen molar-refractivity contribution in [1.82, 2.24) is 10.2 Å². The number of anilines is 1. The number of hydrogen-bond acceptors (Lipinski definition) is 3. The molecule has 2 rings (SSSR count). The molecule has 0 unspecified atom stereocenters. The topological polar surface area (TPSA) is 83.8 Å². The average Bonchev–Trinajstić information content (AvgIpc) is 2.72. The molecule has 1 heterocycles. The molecule has 1 amide bonds. The summed E-state index contributed by atoms with van der Waals surface area (Å²) in [5.74, 6) is 1.41.